The minimum atomic E-state index is -0.764. The molecule has 0 bridgehead atoms. The van der Waals surface area contributed by atoms with Crippen LogP contribution in [0, 0.1) is 23.0 Å². The third-order valence-electron chi connectivity index (χ3n) is 3.40. The molecule has 2 unspecified atom stereocenters. The van der Waals surface area contributed by atoms with Crippen LogP contribution in [-0.2, 0) is 0 Å². The van der Waals surface area contributed by atoms with Gasteiger partial charge >= 0.3 is 0 Å². The van der Waals surface area contributed by atoms with Gasteiger partial charge in [-0.25, -0.2) is 8.78 Å². The molecule has 0 amide bonds. The van der Waals surface area contributed by atoms with Gasteiger partial charge in [-0.1, -0.05) is 0 Å². The van der Waals surface area contributed by atoms with E-state index in [0.717, 1.165) is 12.1 Å². The lowest BCUT2D eigenvalue weighted by Gasteiger charge is -2.29. The summed E-state index contributed by atoms with van der Waals surface area (Å²) in [7, 11) is 3.74. The number of aliphatic hydroxyl groups is 1. The minimum Gasteiger partial charge on any atom is -0.391 e. The number of anilines is 1. The third-order valence-corrected chi connectivity index (χ3v) is 3.40. The van der Waals surface area contributed by atoms with E-state index in [9.17, 15) is 13.9 Å². The van der Waals surface area contributed by atoms with Crippen LogP contribution in [0.1, 0.15) is 12.0 Å². The predicted molar refractivity (Wildman–Crippen MR) is 71.4 cm³/mol. The lowest BCUT2D eigenvalue weighted by molar-refractivity contribution is 0.191. The monoisotopic (exact) mass is 281 g/mol. The third kappa shape index (κ3) is 2.89. The fraction of sp³-hybridized carbons (Fsp3) is 0.500. The second-order valence-electron chi connectivity index (χ2n) is 5.36. The zero-order chi connectivity index (χ0) is 14.9. The summed E-state index contributed by atoms with van der Waals surface area (Å²) in [5.74, 6) is -1.53. The summed E-state index contributed by atoms with van der Waals surface area (Å²) in [5, 5.41) is 18.5. The van der Waals surface area contributed by atoms with Gasteiger partial charge < -0.3 is 14.9 Å². The molecule has 2 rings (SSSR count). The highest BCUT2D eigenvalue weighted by Gasteiger charge is 2.34. The van der Waals surface area contributed by atoms with Crippen molar-refractivity contribution in [3.05, 3.63) is 29.3 Å². The normalized spacial score (nSPS) is 22.4. The van der Waals surface area contributed by atoms with Crippen LogP contribution in [0.3, 0.4) is 0 Å². The minimum absolute atomic E-state index is 0.0485. The van der Waals surface area contributed by atoms with Crippen LogP contribution in [0.25, 0.3) is 0 Å². The van der Waals surface area contributed by atoms with Crippen molar-refractivity contribution >= 4 is 5.69 Å². The molecule has 1 aromatic carbocycles. The van der Waals surface area contributed by atoms with E-state index in [1.807, 2.05) is 19.0 Å². The average Bonchev–Trinajstić information content (AvgIpc) is 2.68. The molecular formula is C14H17F2N3O. The number of nitrogens with zero attached hydrogens (tertiary/aromatic N) is 3. The first-order valence-corrected chi connectivity index (χ1v) is 6.41. The SMILES string of the molecule is CN(C)CC1CC(O)CN1c1c(F)cc(C#N)cc1F. The summed E-state index contributed by atoms with van der Waals surface area (Å²) >= 11 is 0. The Morgan fingerprint density at radius 3 is 2.50 bits per heavy atom. The van der Waals surface area contributed by atoms with Crippen molar-refractivity contribution in [1.82, 2.24) is 4.90 Å². The molecule has 0 saturated carbocycles. The van der Waals surface area contributed by atoms with Gasteiger partial charge in [0.25, 0.3) is 0 Å². The largest absolute Gasteiger partial charge is 0.391 e. The summed E-state index contributed by atoms with van der Waals surface area (Å²) in [4.78, 5) is 3.46. The maximum absolute atomic E-state index is 14.1. The molecule has 1 fully saturated rings. The topological polar surface area (TPSA) is 50.5 Å². The molecule has 0 radical (unpaired) electrons. The van der Waals surface area contributed by atoms with Gasteiger partial charge in [0.2, 0.25) is 0 Å². The number of β-amino-alcohol motifs (C(OH)–C–C–N with tert-alkyl or cyclic N) is 1. The number of benzene rings is 1. The second kappa shape index (κ2) is 5.73. The Morgan fingerprint density at radius 1 is 1.40 bits per heavy atom. The van der Waals surface area contributed by atoms with Crippen molar-refractivity contribution in [2.75, 3.05) is 32.1 Å². The van der Waals surface area contributed by atoms with Crippen molar-refractivity contribution < 1.29 is 13.9 Å². The molecule has 1 saturated heterocycles. The van der Waals surface area contributed by atoms with Crippen LogP contribution >= 0.6 is 0 Å². The molecule has 0 aromatic heterocycles. The van der Waals surface area contributed by atoms with E-state index >= 15 is 0 Å². The van der Waals surface area contributed by atoms with Crippen LogP contribution in [0.5, 0.6) is 0 Å². The highest BCUT2D eigenvalue weighted by atomic mass is 19.1. The molecule has 1 aliphatic heterocycles. The Morgan fingerprint density at radius 2 is 2.00 bits per heavy atom. The van der Waals surface area contributed by atoms with Crippen LogP contribution in [0.2, 0.25) is 0 Å². The molecule has 1 aliphatic rings. The van der Waals surface area contributed by atoms with Gasteiger partial charge in [0.1, 0.15) is 5.69 Å². The number of aliphatic hydroxyl groups excluding tert-OH is 1. The summed E-state index contributed by atoms with van der Waals surface area (Å²) in [6.45, 7) is 0.786. The molecule has 1 aromatic rings. The first-order valence-electron chi connectivity index (χ1n) is 6.41. The summed E-state index contributed by atoms with van der Waals surface area (Å²) in [5.41, 5.74) is -0.208. The van der Waals surface area contributed by atoms with Crippen molar-refractivity contribution in [2.24, 2.45) is 0 Å². The van der Waals surface area contributed by atoms with E-state index in [1.165, 1.54) is 0 Å². The molecule has 4 nitrogen and oxygen atoms in total. The second-order valence-corrected chi connectivity index (χ2v) is 5.36. The van der Waals surface area contributed by atoms with Crippen LogP contribution in [0.4, 0.5) is 14.5 Å². The van der Waals surface area contributed by atoms with Crippen molar-refractivity contribution in [2.45, 2.75) is 18.6 Å². The fourth-order valence-corrected chi connectivity index (χ4v) is 2.66. The Labute approximate surface area is 116 Å². The summed E-state index contributed by atoms with van der Waals surface area (Å²) < 4.78 is 28.1. The molecule has 1 heterocycles. The number of rotatable bonds is 3. The van der Waals surface area contributed by atoms with Crippen LogP contribution < -0.4 is 4.90 Å². The Bertz CT molecular complexity index is 519. The molecule has 1 N–H and O–H groups in total. The Balaban J connectivity index is 2.37. The lowest BCUT2D eigenvalue weighted by Crippen LogP contribution is -2.38. The van der Waals surface area contributed by atoms with Crippen LogP contribution in [0.15, 0.2) is 12.1 Å². The van der Waals surface area contributed by atoms with E-state index in [4.69, 9.17) is 5.26 Å². The number of nitriles is 1. The molecule has 2 atom stereocenters. The van der Waals surface area contributed by atoms with E-state index in [1.54, 1.807) is 11.0 Å². The number of hydrogen-bond donors (Lipinski definition) is 1. The van der Waals surface area contributed by atoms with Gasteiger partial charge in [0.15, 0.2) is 11.6 Å². The quantitative estimate of drug-likeness (QED) is 0.908. The molecule has 0 aliphatic carbocycles. The molecule has 20 heavy (non-hydrogen) atoms. The maximum atomic E-state index is 14.1. The van der Waals surface area contributed by atoms with Gasteiger partial charge in [-0.3, -0.25) is 0 Å². The molecule has 6 heteroatoms. The highest BCUT2D eigenvalue weighted by molar-refractivity contribution is 5.54. The Kier molecular flexibility index (Phi) is 4.21. The highest BCUT2D eigenvalue weighted by Crippen LogP contribution is 2.31. The van der Waals surface area contributed by atoms with Crippen molar-refractivity contribution in [1.29, 1.82) is 5.26 Å². The van der Waals surface area contributed by atoms with E-state index < -0.39 is 17.7 Å². The van der Waals surface area contributed by atoms with Gasteiger partial charge in [-0.05, 0) is 32.6 Å². The molecule has 108 valence electrons. The standard InChI is InChI=1S/C14H17F2N3O/c1-18(2)7-10-5-11(20)8-19(10)14-12(15)3-9(6-17)4-13(14)16/h3-4,10-11,20H,5,7-8H2,1-2H3. The Hall–Kier alpha value is -1.71. The number of halogens is 2. The molecular weight excluding hydrogens is 264 g/mol. The van der Waals surface area contributed by atoms with Gasteiger partial charge in [-0.15, -0.1) is 0 Å². The molecule has 0 spiro atoms. The summed E-state index contributed by atoms with van der Waals surface area (Å²) in [6.07, 6.45) is -0.133. The fourth-order valence-electron chi connectivity index (χ4n) is 2.66. The zero-order valence-corrected chi connectivity index (χ0v) is 11.5. The van der Waals surface area contributed by atoms with Gasteiger partial charge in [0, 0.05) is 19.1 Å². The smallest absolute Gasteiger partial charge is 0.150 e. The van der Waals surface area contributed by atoms with Crippen molar-refractivity contribution in [3.8, 4) is 6.07 Å². The first-order chi connectivity index (χ1) is 9.42. The van der Waals surface area contributed by atoms with E-state index in [2.05, 4.69) is 0 Å². The van der Waals surface area contributed by atoms with E-state index in [-0.39, 0.29) is 23.8 Å². The van der Waals surface area contributed by atoms with Crippen molar-refractivity contribution in [3.63, 3.8) is 0 Å². The predicted octanol–water partition coefficient (Wildman–Crippen LogP) is 1.34. The maximum Gasteiger partial charge on any atom is 0.150 e. The summed E-state index contributed by atoms with van der Waals surface area (Å²) in [6, 6.07) is 3.61. The van der Waals surface area contributed by atoms with Gasteiger partial charge in [0.05, 0.1) is 17.7 Å². The zero-order valence-electron chi connectivity index (χ0n) is 11.5. The average molecular weight is 281 g/mol. The number of hydrogen-bond acceptors (Lipinski definition) is 4. The lowest BCUT2D eigenvalue weighted by atomic mass is 10.1. The number of likely N-dealkylation sites (N-methyl/N-ethyl adjacent to an activating group) is 1. The van der Waals surface area contributed by atoms with Gasteiger partial charge in [-0.2, -0.15) is 5.26 Å². The van der Waals surface area contributed by atoms with E-state index in [0.29, 0.717) is 13.0 Å². The first kappa shape index (κ1) is 14.7. The van der Waals surface area contributed by atoms with Crippen LogP contribution in [-0.4, -0.2) is 49.3 Å².